The molecule has 0 amide bonds. The third-order valence-electron chi connectivity index (χ3n) is 1.78. The molecule has 1 nitrogen and oxygen atoms in total. The van der Waals surface area contributed by atoms with Crippen LogP contribution in [0.3, 0.4) is 0 Å². The zero-order valence-electron chi connectivity index (χ0n) is 8.13. The van der Waals surface area contributed by atoms with Gasteiger partial charge in [-0.3, -0.25) is 4.79 Å². The molecule has 0 spiro atoms. The monoisotopic (exact) mass is 212 g/mol. The molecule has 0 fully saturated rings. The molecule has 0 heterocycles. The number of carbonyl (C=O) groups is 1. The molecule has 1 aromatic rings. The maximum Gasteiger partial charge on any atom is 0.130 e. The first-order valence-corrected chi connectivity index (χ1v) is 5.65. The van der Waals surface area contributed by atoms with Gasteiger partial charge in [-0.2, -0.15) is 11.8 Å². The average molecular weight is 212 g/mol. The molecule has 0 saturated carbocycles. The van der Waals surface area contributed by atoms with E-state index in [1.54, 1.807) is 30.8 Å². The molecule has 0 aliphatic carbocycles. The molecule has 76 valence electrons. The number of hydrogen-bond acceptors (Lipinski definition) is 2. The highest BCUT2D eigenvalue weighted by Crippen LogP contribution is 2.13. The molecule has 0 aromatic heterocycles. The number of halogens is 1. The number of thioether (sulfide) groups is 1. The molecule has 1 aromatic carbocycles. The van der Waals surface area contributed by atoms with E-state index in [9.17, 15) is 9.18 Å². The van der Waals surface area contributed by atoms with E-state index in [4.69, 9.17) is 0 Å². The van der Waals surface area contributed by atoms with Gasteiger partial charge in [0, 0.05) is 17.9 Å². The Morgan fingerprint density at radius 3 is 2.57 bits per heavy atom. The minimum atomic E-state index is -0.206. The smallest absolute Gasteiger partial charge is 0.130 e. The number of ketones is 1. The molecule has 0 N–H and O–H groups in total. The second-order valence-corrected chi connectivity index (χ2v) is 4.24. The van der Waals surface area contributed by atoms with Crippen molar-refractivity contribution in [3.8, 4) is 0 Å². The van der Waals surface area contributed by atoms with Crippen molar-refractivity contribution in [2.24, 2.45) is 0 Å². The van der Waals surface area contributed by atoms with E-state index in [0.717, 1.165) is 17.1 Å². The van der Waals surface area contributed by atoms with Crippen molar-refractivity contribution in [1.82, 2.24) is 0 Å². The van der Waals surface area contributed by atoms with Crippen LogP contribution in [0.4, 0.5) is 4.39 Å². The molecule has 14 heavy (non-hydrogen) atoms. The Hall–Kier alpha value is -0.830. The fraction of sp³-hybridized carbons (Fsp3) is 0.364. The van der Waals surface area contributed by atoms with Gasteiger partial charge in [0.15, 0.2) is 0 Å². The van der Waals surface area contributed by atoms with Crippen LogP contribution < -0.4 is 0 Å². The second-order valence-electron chi connectivity index (χ2n) is 3.13. The molecule has 0 aliphatic rings. The van der Waals surface area contributed by atoms with Crippen molar-refractivity contribution in [1.29, 1.82) is 0 Å². The van der Waals surface area contributed by atoms with E-state index < -0.39 is 0 Å². The molecule has 3 heteroatoms. The summed E-state index contributed by atoms with van der Waals surface area (Å²) in [5.41, 5.74) is 1.10. The fourth-order valence-corrected chi connectivity index (χ4v) is 1.99. The fourth-order valence-electron chi connectivity index (χ4n) is 0.987. The van der Waals surface area contributed by atoms with E-state index in [2.05, 4.69) is 0 Å². The Labute approximate surface area is 87.7 Å². The first-order chi connectivity index (χ1) is 6.68. The standard InChI is InChI=1S/C11H13FOS/c1-9(13)6-7-14-8-10-2-4-11(12)5-3-10/h2-5H,6-8H2,1H3. The summed E-state index contributed by atoms with van der Waals surface area (Å²) in [5, 5.41) is 0. The van der Waals surface area contributed by atoms with Crippen LogP contribution >= 0.6 is 11.8 Å². The summed E-state index contributed by atoms with van der Waals surface area (Å²) in [4.78, 5) is 10.6. The quantitative estimate of drug-likeness (QED) is 0.698. The van der Waals surface area contributed by atoms with Gasteiger partial charge in [0.2, 0.25) is 0 Å². The minimum Gasteiger partial charge on any atom is -0.300 e. The summed E-state index contributed by atoms with van der Waals surface area (Å²) in [6, 6.07) is 6.47. The van der Waals surface area contributed by atoms with E-state index in [-0.39, 0.29) is 11.6 Å². The normalized spacial score (nSPS) is 10.1. The zero-order valence-corrected chi connectivity index (χ0v) is 8.94. The van der Waals surface area contributed by atoms with Gasteiger partial charge in [0.1, 0.15) is 11.6 Å². The Kier molecular flexibility index (Phi) is 4.66. The summed E-state index contributed by atoms with van der Waals surface area (Å²) >= 11 is 1.70. The lowest BCUT2D eigenvalue weighted by Gasteiger charge is -2.00. The van der Waals surface area contributed by atoms with Crippen LogP contribution in [0.1, 0.15) is 18.9 Å². The second kappa shape index (κ2) is 5.81. The molecule has 0 unspecified atom stereocenters. The van der Waals surface area contributed by atoms with E-state index >= 15 is 0 Å². The number of benzene rings is 1. The van der Waals surface area contributed by atoms with Crippen molar-refractivity contribution < 1.29 is 9.18 Å². The number of rotatable bonds is 5. The highest BCUT2D eigenvalue weighted by molar-refractivity contribution is 7.98. The molecular formula is C11H13FOS. The van der Waals surface area contributed by atoms with Gasteiger partial charge in [-0.1, -0.05) is 12.1 Å². The first kappa shape index (κ1) is 11.2. The van der Waals surface area contributed by atoms with Crippen molar-refractivity contribution in [3.63, 3.8) is 0 Å². The Bertz CT molecular complexity index is 295. The van der Waals surface area contributed by atoms with Gasteiger partial charge in [0.25, 0.3) is 0 Å². The molecular weight excluding hydrogens is 199 g/mol. The van der Waals surface area contributed by atoms with E-state index in [1.165, 1.54) is 12.1 Å². The Morgan fingerprint density at radius 2 is 2.00 bits per heavy atom. The van der Waals surface area contributed by atoms with Gasteiger partial charge in [-0.05, 0) is 24.6 Å². The van der Waals surface area contributed by atoms with Crippen molar-refractivity contribution in [2.75, 3.05) is 5.75 Å². The molecule has 0 radical (unpaired) electrons. The van der Waals surface area contributed by atoms with Crippen LogP contribution in [0.25, 0.3) is 0 Å². The van der Waals surface area contributed by atoms with Crippen molar-refractivity contribution >= 4 is 17.5 Å². The summed E-state index contributed by atoms with van der Waals surface area (Å²) < 4.78 is 12.5. The van der Waals surface area contributed by atoms with Crippen LogP contribution in [-0.4, -0.2) is 11.5 Å². The topological polar surface area (TPSA) is 17.1 Å². The van der Waals surface area contributed by atoms with Crippen LogP contribution in [0, 0.1) is 5.82 Å². The van der Waals surface area contributed by atoms with Gasteiger partial charge in [-0.25, -0.2) is 4.39 Å². The van der Waals surface area contributed by atoms with Crippen LogP contribution in [-0.2, 0) is 10.5 Å². The van der Waals surface area contributed by atoms with Gasteiger partial charge < -0.3 is 0 Å². The number of hydrogen-bond donors (Lipinski definition) is 0. The Morgan fingerprint density at radius 1 is 1.36 bits per heavy atom. The lowest BCUT2D eigenvalue weighted by Crippen LogP contribution is -1.92. The Balaban J connectivity index is 2.25. The van der Waals surface area contributed by atoms with Crippen molar-refractivity contribution in [2.45, 2.75) is 19.1 Å². The lowest BCUT2D eigenvalue weighted by atomic mass is 10.2. The van der Waals surface area contributed by atoms with Crippen molar-refractivity contribution in [3.05, 3.63) is 35.6 Å². The number of carbonyl (C=O) groups excluding carboxylic acids is 1. The highest BCUT2D eigenvalue weighted by Gasteiger charge is 1.96. The lowest BCUT2D eigenvalue weighted by molar-refractivity contribution is -0.116. The molecule has 0 saturated heterocycles. The SMILES string of the molecule is CC(=O)CCSCc1ccc(F)cc1. The summed E-state index contributed by atoms with van der Waals surface area (Å²) in [6.45, 7) is 1.60. The largest absolute Gasteiger partial charge is 0.300 e. The third kappa shape index (κ3) is 4.42. The van der Waals surface area contributed by atoms with E-state index in [0.29, 0.717) is 6.42 Å². The van der Waals surface area contributed by atoms with Gasteiger partial charge >= 0.3 is 0 Å². The number of Topliss-reactive ketones (excluding diaryl/α,β-unsaturated/α-hetero) is 1. The van der Waals surface area contributed by atoms with Crippen LogP contribution in [0.2, 0.25) is 0 Å². The molecule has 0 atom stereocenters. The molecule has 0 aliphatic heterocycles. The molecule has 1 rings (SSSR count). The predicted molar refractivity (Wildman–Crippen MR) is 57.9 cm³/mol. The third-order valence-corrected chi connectivity index (χ3v) is 2.81. The summed E-state index contributed by atoms with van der Waals surface area (Å²) in [6.07, 6.45) is 0.617. The predicted octanol–water partition coefficient (Wildman–Crippen LogP) is 3.04. The van der Waals surface area contributed by atoms with Crippen LogP contribution in [0.5, 0.6) is 0 Å². The summed E-state index contributed by atoms with van der Waals surface area (Å²) in [7, 11) is 0. The minimum absolute atomic E-state index is 0.206. The maximum absolute atomic E-state index is 12.5. The summed E-state index contributed by atoms with van der Waals surface area (Å²) in [5.74, 6) is 1.69. The van der Waals surface area contributed by atoms with E-state index in [1.807, 2.05) is 0 Å². The average Bonchev–Trinajstić information content (AvgIpc) is 2.15. The van der Waals surface area contributed by atoms with Crippen LogP contribution in [0.15, 0.2) is 24.3 Å². The van der Waals surface area contributed by atoms with Gasteiger partial charge in [-0.15, -0.1) is 0 Å². The highest BCUT2D eigenvalue weighted by atomic mass is 32.2. The first-order valence-electron chi connectivity index (χ1n) is 4.50. The van der Waals surface area contributed by atoms with Gasteiger partial charge in [0.05, 0.1) is 0 Å². The maximum atomic E-state index is 12.5. The molecule has 0 bridgehead atoms. The zero-order chi connectivity index (χ0) is 10.4.